The second-order valence-corrected chi connectivity index (χ2v) is 5.66. The number of para-hydroxylation sites is 1. The van der Waals surface area contributed by atoms with Gasteiger partial charge >= 0.3 is 5.97 Å². The summed E-state index contributed by atoms with van der Waals surface area (Å²) >= 11 is 1.47. The van der Waals surface area contributed by atoms with Crippen molar-refractivity contribution < 1.29 is 14.3 Å². The highest BCUT2D eigenvalue weighted by Gasteiger charge is 2.13. The number of methoxy groups -OCH3 is 1. The van der Waals surface area contributed by atoms with E-state index in [0.29, 0.717) is 11.3 Å². The Morgan fingerprint density at radius 2 is 1.77 bits per heavy atom. The maximum absolute atomic E-state index is 12.1. The average molecular weight is 315 g/mol. The monoisotopic (exact) mass is 315 g/mol. The van der Waals surface area contributed by atoms with Crippen LogP contribution in [0.2, 0.25) is 0 Å². The van der Waals surface area contributed by atoms with Gasteiger partial charge in [-0.15, -0.1) is 11.8 Å². The van der Waals surface area contributed by atoms with Crippen LogP contribution in [0.4, 0.5) is 5.69 Å². The first-order valence-electron chi connectivity index (χ1n) is 6.77. The lowest BCUT2D eigenvalue weighted by atomic mass is 10.2. The fourth-order valence-electron chi connectivity index (χ4n) is 1.93. The molecule has 1 amide bonds. The molecule has 0 bridgehead atoms. The summed E-state index contributed by atoms with van der Waals surface area (Å²) in [7, 11) is 1.31. The zero-order valence-corrected chi connectivity index (χ0v) is 13.3. The first-order valence-corrected chi connectivity index (χ1v) is 7.76. The standard InChI is InChI=1S/C17H17NO3S/c1-12-7-3-6-10-15(12)22-11-16(19)18-14-9-5-4-8-13(14)17(20)21-2/h3-10H,11H2,1-2H3,(H,18,19). The van der Waals surface area contributed by atoms with Crippen molar-refractivity contribution in [1.29, 1.82) is 0 Å². The molecule has 0 unspecified atom stereocenters. The number of amides is 1. The number of benzene rings is 2. The number of aryl methyl sites for hydroxylation is 1. The molecule has 2 aromatic carbocycles. The third kappa shape index (κ3) is 4.11. The molecule has 1 N–H and O–H groups in total. The zero-order valence-electron chi connectivity index (χ0n) is 12.5. The highest BCUT2D eigenvalue weighted by molar-refractivity contribution is 8.00. The second-order valence-electron chi connectivity index (χ2n) is 4.64. The van der Waals surface area contributed by atoms with Gasteiger partial charge in [-0.1, -0.05) is 30.3 Å². The lowest BCUT2D eigenvalue weighted by Gasteiger charge is -2.10. The summed E-state index contributed by atoms with van der Waals surface area (Å²) < 4.78 is 4.71. The van der Waals surface area contributed by atoms with Gasteiger partial charge in [0.05, 0.1) is 24.1 Å². The Kier molecular flexibility index (Phi) is 5.61. The number of thioether (sulfide) groups is 1. The predicted molar refractivity (Wildman–Crippen MR) is 88.3 cm³/mol. The fourth-order valence-corrected chi connectivity index (χ4v) is 2.76. The highest BCUT2D eigenvalue weighted by Crippen LogP contribution is 2.22. The molecule has 0 atom stereocenters. The lowest BCUT2D eigenvalue weighted by molar-refractivity contribution is -0.113. The van der Waals surface area contributed by atoms with Crippen LogP contribution in [-0.2, 0) is 9.53 Å². The minimum absolute atomic E-state index is 0.162. The van der Waals surface area contributed by atoms with E-state index in [1.165, 1.54) is 18.9 Å². The van der Waals surface area contributed by atoms with E-state index in [2.05, 4.69) is 5.32 Å². The third-order valence-corrected chi connectivity index (χ3v) is 4.23. The quantitative estimate of drug-likeness (QED) is 0.677. The fraction of sp³-hybridized carbons (Fsp3) is 0.176. The van der Waals surface area contributed by atoms with E-state index in [1.54, 1.807) is 24.3 Å². The van der Waals surface area contributed by atoms with E-state index in [-0.39, 0.29) is 11.7 Å². The van der Waals surface area contributed by atoms with Gasteiger partial charge in [0.25, 0.3) is 0 Å². The smallest absolute Gasteiger partial charge is 0.339 e. The molecule has 0 radical (unpaired) electrons. The molecule has 0 saturated carbocycles. The van der Waals surface area contributed by atoms with Gasteiger partial charge in [0.2, 0.25) is 5.91 Å². The number of carbonyl (C=O) groups excluding carboxylic acids is 2. The van der Waals surface area contributed by atoms with Crippen LogP contribution in [0.5, 0.6) is 0 Å². The van der Waals surface area contributed by atoms with Crippen molar-refractivity contribution in [2.75, 3.05) is 18.2 Å². The third-order valence-electron chi connectivity index (χ3n) is 3.06. The summed E-state index contributed by atoms with van der Waals surface area (Å²) in [5.74, 6) is -0.354. The van der Waals surface area contributed by atoms with Crippen molar-refractivity contribution in [3.05, 3.63) is 59.7 Å². The van der Waals surface area contributed by atoms with Gasteiger partial charge < -0.3 is 10.1 Å². The molecule has 5 heteroatoms. The summed E-state index contributed by atoms with van der Waals surface area (Å²) in [6, 6.07) is 14.7. The summed E-state index contributed by atoms with van der Waals surface area (Å²) in [5.41, 5.74) is 1.94. The summed E-state index contributed by atoms with van der Waals surface area (Å²) in [6.07, 6.45) is 0. The van der Waals surface area contributed by atoms with Gasteiger partial charge in [-0.25, -0.2) is 4.79 Å². The number of ether oxygens (including phenoxy) is 1. The van der Waals surface area contributed by atoms with Gasteiger partial charge in [0.1, 0.15) is 0 Å². The highest BCUT2D eigenvalue weighted by atomic mass is 32.2. The molecule has 4 nitrogen and oxygen atoms in total. The molecule has 0 aliphatic heterocycles. The van der Waals surface area contributed by atoms with Crippen LogP contribution in [0.25, 0.3) is 0 Å². The predicted octanol–water partition coefficient (Wildman–Crippen LogP) is 3.51. The van der Waals surface area contributed by atoms with Crippen LogP contribution >= 0.6 is 11.8 Å². The van der Waals surface area contributed by atoms with Crippen molar-refractivity contribution >= 4 is 29.3 Å². The van der Waals surface area contributed by atoms with E-state index in [1.807, 2.05) is 31.2 Å². The molecule has 22 heavy (non-hydrogen) atoms. The van der Waals surface area contributed by atoms with E-state index < -0.39 is 5.97 Å². The average Bonchev–Trinajstić information content (AvgIpc) is 2.54. The minimum atomic E-state index is -0.470. The summed E-state index contributed by atoms with van der Waals surface area (Å²) in [4.78, 5) is 24.8. The maximum atomic E-state index is 12.1. The SMILES string of the molecule is COC(=O)c1ccccc1NC(=O)CSc1ccccc1C. The van der Waals surface area contributed by atoms with Crippen LogP contribution in [0.15, 0.2) is 53.4 Å². The number of anilines is 1. The van der Waals surface area contributed by atoms with Gasteiger partial charge in [0, 0.05) is 4.90 Å². The van der Waals surface area contributed by atoms with Gasteiger partial charge in [-0.2, -0.15) is 0 Å². The molecule has 2 aromatic rings. The van der Waals surface area contributed by atoms with Crippen LogP contribution in [0.1, 0.15) is 15.9 Å². The molecule has 2 rings (SSSR count). The topological polar surface area (TPSA) is 55.4 Å². The normalized spacial score (nSPS) is 10.1. The Balaban J connectivity index is 2.01. The van der Waals surface area contributed by atoms with E-state index in [0.717, 1.165) is 10.5 Å². The van der Waals surface area contributed by atoms with Crippen molar-refractivity contribution in [3.63, 3.8) is 0 Å². The van der Waals surface area contributed by atoms with E-state index in [9.17, 15) is 9.59 Å². The Hall–Kier alpha value is -2.27. The number of hydrogen-bond acceptors (Lipinski definition) is 4. The number of rotatable bonds is 5. The Labute approximate surface area is 133 Å². The number of esters is 1. The van der Waals surface area contributed by atoms with Gasteiger partial charge in [0.15, 0.2) is 0 Å². The molecule has 0 aliphatic rings. The molecule has 0 heterocycles. The molecular formula is C17H17NO3S. The largest absolute Gasteiger partial charge is 0.465 e. The Morgan fingerprint density at radius 3 is 2.50 bits per heavy atom. The van der Waals surface area contributed by atoms with Crippen LogP contribution in [-0.4, -0.2) is 24.7 Å². The maximum Gasteiger partial charge on any atom is 0.339 e. The second kappa shape index (κ2) is 7.66. The number of nitrogens with one attached hydrogen (secondary N) is 1. The van der Waals surface area contributed by atoms with E-state index >= 15 is 0 Å². The van der Waals surface area contributed by atoms with Crippen molar-refractivity contribution in [2.45, 2.75) is 11.8 Å². The number of carbonyl (C=O) groups is 2. The summed E-state index contributed by atoms with van der Waals surface area (Å²) in [5, 5.41) is 2.75. The Morgan fingerprint density at radius 1 is 1.09 bits per heavy atom. The summed E-state index contributed by atoms with van der Waals surface area (Å²) in [6.45, 7) is 2.01. The van der Waals surface area contributed by atoms with Crippen LogP contribution < -0.4 is 5.32 Å². The van der Waals surface area contributed by atoms with Gasteiger partial charge in [-0.3, -0.25) is 4.79 Å². The van der Waals surface area contributed by atoms with E-state index in [4.69, 9.17) is 4.74 Å². The molecule has 114 valence electrons. The van der Waals surface area contributed by atoms with Crippen molar-refractivity contribution in [3.8, 4) is 0 Å². The van der Waals surface area contributed by atoms with Crippen molar-refractivity contribution in [1.82, 2.24) is 0 Å². The van der Waals surface area contributed by atoms with Crippen LogP contribution in [0.3, 0.4) is 0 Å². The minimum Gasteiger partial charge on any atom is -0.465 e. The zero-order chi connectivity index (χ0) is 15.9. The Bertz CT molecular complexity index is 685. The first-order chi connectivity index (χ1) is 10.6. The molecule has 0 aromatic heterocycles. The molecular weight excluding hydrogens is 298 g/mol. The molecule has 0 aliphatic carbocycles. The van der Waals surface area contributed by atoms with Crippen molar-refractivity contribution in [2.24, 2.45) is 0 Å². The lowest BCUT2D eigenvalue weighted by Crippen LogP contribution is -2.17. The first kappa shape index (κ1) is 16.1. The van der Waals surface area contributed by atoms with Gasteiger partial charge in [-0.05, 0) is 30.7 Å². The molecule has 0 fully saturated rings. The number of hydrogen-bond donors (Lipinski definition) is 1. The molecule has 0 saturated heterocycles. The molecule has 0 spiro atoms. The van der Waals surface area contributed by atoms with Crippen LogP contribution in [0, 0.1) is 6.92 Å².